The number of hydrogen-bond acceptors (Lipinski definition) is 5. The Bertz CT molecular complexity index is 1090. The monoisotopic (exact) mass is 365 g/mol. The first-order chi connectivity index (χ1) is 12.6. The number of nitrogen functional groups attached to an aromatic ring is 1. The fourth-order valence-electron chi connectivity index (χ4n) is 2.62. The topological polar surface area (TPSA) is 77.5 Å². The molecule has 2 heterocycles. The number of aromatic nitrogens is 3. The fraction of sp³-hybridized carbons (Fsp3) is 0.0526. The van der Waals surface area contributed by atoms with Gasteiger partial charge in [-0.15, -0.1) is 0 Å². The molecule has 0 aliphatic rings. The van der Waals surface area contributed by atoms with Crippen LogP contribution in [0.3, 0.4) is 0 Å². The zero-order chi connectivity index (χ0) is 18.1. The van der Waals surface area contributed by atoms with Gasteiger partial charge in [0.2, 0.25) is 5.88 Å². The van der Waals surface area contributed by atoms with Gasteiger partial charge in [0.05, 0.1) is 17.4 Å². The lowest BCUT2D eigenvalue weighted by atomic mass is 10.2. The Kier molecular flexibility index (Phi) is 4.10. The fourth-order valence-corrected chi connectivity index (χ4v) is 2.77. The van der Waals surface area contributed by atoms with E-state index < -0.39 is 0 Å². The minimum Gasteiger partial charge on any atom is -0.437 e. The van der Waals surface area contributed by atoms with E-state index >= 15 is 0 Å². The molecule has 7 heteroatoms. The lowest BCUT2D eigenvalue weighted by molar-refractivity contribution is 0.454. The lowest BCUT2D eigenvalue weighted by Crippen LogP contribution is -2.01. The van der Waals surface area contributed by atoms with Crippen LogP contribution in [0.1, 0.15) is 5.56 Å². The summed E-state index contributed by atoms with van der Waals surface area (Å²) in [4.78, 5) is 8.71. The Morgan fingerprint density at radius 3 is 2.85 bits per heavy atom. The van der Waals surface area contributed by atoms with Gasteiger partial charge in [0, 0.05) is 17.4 Å². The van der Waals surface area contributed by atoms with Gasteiger partial charge in [0.15, 0.2) is 5.82 Å². The van der Waals surface area contributed by atoms with Crippen molar-refractivity contribution < 1.29 is 4.74 Å². The number of anilines is 3. The summed E-state index contributed by atoms with van der Waals surface area (Å²) in [7, 11) is 0. The lowest BCUT2D eigenvalue weighted by Gasteiger charge is -2.13. The predicted octanol–water partition coefficient (Wildman–Crippen LogP) is 4.81. The number of benzene rings is 2. The highest BCUT2D eigenvalue weighted by atomic mass is 35.5. The van der Waals surface area contributed by atoms with E-state index in [0.717, 1.165) is 16.8 Å². The Balaban J connectivity index is 1.72. The van der Waals surface area contributed by atoms with Crippen LogP contribution >= 0.6 is 11.6 Å². The quantitative estimate of drug-likeness (QED) is 0.507. The summed E-state index contributed by atoms with van der Waals surface area (Å²) in [6.45, 7) is 2.04. The number of imidazole rings is 1. The maximum Gasteiger partial charge on any atom is 0.224 e. The average molecular weight is 366 g/mol. The van der Waals surface area contributed by atoms with E-state index in [0.29, 0.717) is 28.2 Å². The minimum atomic E-state index is 0.461. The number of hydrogen-bond donors (Lipinski definition) is 2. The second-order valence-corrected chi connectivity index (χ2v) is 6.23. The maximum absolute atomic E-state index is 6.19. The second kappa shape index (κ2) is 6.57. The number of aryl methyl sites for hydroxylation is 1. The molecule has 4 aromatic rings. The molecule has 0 aliphatic carbocycles. The van der Waals surface area contributed by atoms with Gasteiger partial charge < -0.3 is 15.8 Å². The largest absolute Gasteiger partial charge is 0.437 e. The molecule has 2 aromatic heterocycles. The first-order valence-electron chi connectivity index (χ1n) is 7.98. The summed E-state index contributed by atoms with van der Waals surface area (Å²) in [6.07, 6.45) is 5.01. The smallest absolute Gasteiger partial charge is 0.224 e. The van der Waals surface area contributed by atoms with Gasteiger partial charge in [-0.1, -0.05) is 29.8 Å². The van der Waals surface area contributed by atoms with Crippen LogP contribution in [0.15, 0.2) is 61.2 Å². The molecule has 2 aromatic carbocycles. The van der Waals surface area contributed by atoms with Crippen LogP contribution in [-0.4, -0.2) is 14.4 Å². The molecule has 4 rings (SSSR count). The number of nitrogens with one attached hydrogen (secondary N) is 1. The van der Waals surface area contributed by atoms with Crippen molar-refractivity contribution in [2.45, 2.75) is 6.92 Å². The van der Waals surface area contributed by atoms with Crippen LogP contribution in [0.25, 0.3) is 5.52 Å². The van der Waals surface area contributed by atoms with Crippen LogP contribution in [0.4, 0.5) is 17.2 Å². The second-order valence-electron chi connectivity index (χ2n) is 5.83. The third kappa shape index (κ3) is 3.02. The Morgan fingerprint density at radius 1 is 1.15 bits per heavy atom. The summed E-state index contributed by atoms with van der Waals surface area (Å²) in [6, 6.07) is 13.1. The molecule has 3 N–H and O–H groups in total. The van der Waals surface area contributed by atoms with Gasteiger partial charge in [-0.05, 0) is 30.7 Å². The number of rotatable bonds is 4. The highest BCUT2D eigenvalue weighted by Crippen LogP contribution is 2.32. The molecule has 130 valence electrons. The Morgan fingerprint density at radius 2 is 2.00 bits per heavy atom. The average Bonchev–Trinajstić information content (AvgIpc) is 3.12. The highest BCUT2D eigenvalue weighted by Gasteiger charge is 2.12. The van der Waals surface area contributed by atoms with Crippen LogP contribution in [-0.2, 0) is 0 Å². The number of nitrogens with two attached hydrogens (primary N) is 1. The van der Waals surface area contributed by atoms with Crippen molar-refractivity contribution >= 4 is 34.3 Å². The van der Waals surface area contributed by atoms with Crippen LogP contribution < -0.4 is 15.8 Å². The molecule has 0 saturated heterocycles. The maximum atomic E-state index is 6.19. The normalized spacial score (nSPS) is 10.8. The van der Waals surface area contributed by atoms with E-state index in [1.807, 2.05) is 31.2 Å². The van der Waals surface area contributed by atoms with E-state index in [-0.39, 0.29) is 0 Å². The van der Waals surface area contributed by atoms with E-state index in [1.165, 1.54) is 0 Å². The number of nitrogens with zero attached hydrogens (tertiary/aromatic N) is 3. The standard InChI is InChI=1S/C19H16ClN5O/c1-12-4-2-3-5-15(12)24-19-16-9-22-11-25(16)18(10-23-19)26-17-8-13(21)6-7-14(17)20/h2-11H,21H2,1H3,(H,23,24). The zero-order valence-electron chi connectivity index (χ0n) is 14.0. The highest BCUT2D eigenvalue weighted by molar-refractivity contribution is 6.32. The molecule has 0 bridgehead atoms. The molecule has 0 unspecified atom stereocenters. The van der Waals surface area contributed by atoms with Gasteiger partial charge >= 0.3 is 0 Å². The summed E-state index contributed by atoms with van der Waals surface area (Å²) in [5.74, 6) is 1.63. The molecular formula is C19H16ClN5O. The van der Waals surface area contributed by atoms with Crippen molar-refractivity contribution in [3.05, 3.63) is 71.8 Å². The Hall–Kier alpha value is -3.25. The predicted molar refractivity (Wildman–Crippen MR) is 103 cm³/mol. The zero-order valence-corrected chi connectivity index (χ0v) is 14.7. The number of fused-ring (bicyclic) bond motifs is 1. The Labute approximate surface area is 155 Å². The summed E-state index contributed by atoms with van der Waals surface area (Å²) in [5, 5.41) is 3.81. The van der Waals surface area contributed by atoms with E-state index in [4.69, 9.17) is 22.1 Å². The van der Waals surface area contributed by atoms with Crippen molar-refractivity contribution in [1.82, 2.24) is 14.4 Å². The molecule has 0 spiro atoms. The first-order valence-corrected chi connectivity index (χ1v) is 8.36. The van der Waals surface area contributed by atoms with Crippen LogP contribution in [0.5, 0.6) is 11.6 Å². The summed E-state index contributed by atoms with van der Waals surface area (Å²) >= 11 is 6.19. The summed E-state index contributed by atoms with van der Waals surface area (Å²) < 4.78 is 7.71. The third-order valence-electron chi connectivity index (χ3n) is 3.99. The minimum absolute atomic E-state index is 0.461. The van der Waals surface area contributed by atoms with E-state index in [2.05, 4.69) is 15.3 Å². The van der Waals surface area contributed by atoms with Gasteiger partial charge in [-0.25, -0.2) is 9.97 Å². The molecule has 6 nitrogen and oxygen atoms in total. The van der Waals surface area contributed by atoms with E-state index in [1.54, 1.807) is 41.3 Å². The first kappa shape index (κ1) is 16.2. The van der Waals surface area contributed by atoms with Crippen molar-refractivity contribution in [2.24, 2.45) is 0 Å². The molecule has 0 atom stereocenters. The van der Waals surface area contributed by atoms with Crippen LogP contribution in [0, 0.1) is 6.92 Å². The molecule has 0 aliphatic heterocycles. The van der Waals surface area contributed by atoms with Crippen LogP contribution in [0.2, 0.25) is 5.02 Å². The molecule has 0 radical (unpaired) electrons. The van der Waals surface area contributed by atoms with Gasteiger partial charge in [-0.2, -0.15) is 0 Å². The summed E-state index contributed by atoms with van der Waals surface area (Å²) in [5.41, 5.74) is 9.27. The van der Waals surface area contributed by atoms with Crippen molar-refractivity contribution in [3.63, 3.8) is 0 Å². The van der Waals surface area contributed by atoms with Gasteiger partial charge in [-0.3, -0.25) is 4.40 Å². The van der Waals surface area contributed by atoms with Crippen molar-refractivity contribution in [2.75, 3.05) is 11.1 Å². The van der Waals surface area contributed by atoms with Crippen molar-refractivity contribution in [1.29, 1.82) is 0 Å². The number of halogens is 1. The van der Waals surface area contributed by atoms with Gasteiger partial charge in [0.1, 0.15) is 17.6 Å². The number of ether oxygens (including phenoxy) is 1. The van der Waals surface area contributed by atoms with Gasteiger partial charge in [0.25, 0.3) is 0 Å². The van der Waals surface area contributed by atoms with Crippen molar-refractivity contribution in [3.8, 4) is 11.6 Å². The molecule has 0 amide bonds. The molecule has 0 fully saturated rings. The molecule has 26 heavy (non-hydrogen) atoms. The third-order valence-corrected chi connectivity index (χ3v) is 4.30. The SMILES string of the molecule is Cc1ccccc1Nc1ncc(Oc2cc(N)ccc2Cl)n2cncc12. The van der Waals surface area contributed by atoms with E-state index in [9.17, 15) is 0 Å². The molecule has 0 saturated carbocycles. The molecular weight excluding hydrogens is 350 g/mol. The number of para-hydroxylation sites is 1.